The molecule has 0 radical (unpaired) electrons. The summed E-state index contributed by atoms with van der Waals surface area (Å²) < 4.78 is 6.92. The smallest absolute Gasteiger partial charge is 0.0621 e. The van der Waals surface area contributed by atoms with E-state index in [-0.39, 0.29) is 0 Å². The fourth-order valence-electron chi connectivity index (χ4n) is 21.2. The molecule has 0 aromatic rings. The SMILES string of the molecule is C1CCC(C2CCC3CCC(C4CCC(N(C5CCC(C6CCCC7C8CCC9OC%10CCCCC%10C9C8SC67)CC5)C5CCCC6C7CCCCC7SC65)CC4)CC3C2)CC1. The molecule has 10 saturated carbocycles. The number of nitrogens with zero attached hydrogens (tertiary/aromatic N) is 1. The molecule has 4 heteroatoms. The lowest BCUT2D eigenvalue weighted by molar-refractivity contribution is -0.0160. The van der Waals surface area contributed by atoms with Crippen molar-refractivity contribution in [2.45, 2.75) is 276 Å². The summed E-state index contributed by atoms with van der Waals surface area (Å²) in [5.41, 5.74) is 0. The van der Waals surface area contributed by atoms with E-state index in [1.165, 1.54) is 57.8 Å². The van der Waals surface area contributed by atoms with Crippen molar-refractivity contribution in [3.05, 3.63) is 0 Å². The third-order valence-electron chi connectivity index (χ3n) is 23.9. The van der Waals surface area contributed by atoms with Crippen molar-refractivity contribution in [3.63, 3.8) is 0 Å². The lowest BCUT2D eigenvalue weighted by Crippen LogP contribution is -2.57. The van der Waals surface area contributed by atoms with E-state index in [0.717, 1.165) is 122 Å². The largest absolute Gasteiger partial charge is 0.374 e. The summed E-state index contributed by atoms with van der Waals surface area (Å²) in [6.07, 6.45) is 55.5. The number of ether oxygens (including phenoxy) is 1. The highest BCUT2D eigenvalue weighted by Crippen LogP contribution is 2.64. The summed E-state index contributed by atoms with van der Waals surface area (Å²) in [6.45, 7) is 0. The van der Waals surface area contributed by atoms with Crippen LogP contribution in [0.1, 0.15) is 225 Å². The van der Waals surface area contributed by atoms with Gasteiger partial charge in [-0.2, -0.15) is 23.5 Å². The molecule has 62 heavy (non-hydrogen) atoms. The van der Waals surface area contributed by atoms with Crippen LogP contribution in [-0.4, -0.2) is 56.2 Å². The number of rotatable bonds is 6. The molecule has 13 rings (SSSR count). The monoisotopic (exact) mass is 884 g/mol. The van der Waals surface area contributed by atoms with Gasteiger partial charge in [-0.25, -0.2) is 0 Å². The van der Waals surface area contributed by atoms with Crippen molar-refractivity contribution < 1.29 is 4.74 Å². The van der Waals surface area contributed by atoms with Gasteiger partial charge in [-0.3, -0.25) is 4.90 Å². The van der Waals surface area contributed by atoms with E-state index in [9.17, 15) is 0 Å². The maximum absolute atomic E-state index is 6.92. The Bertz CT molecular complexity index is 1500. The van der Waals surface area contributed by atoms with Gasteiger partial charge >= 0.3 is 0 Å². The molecule has 0 bridgehead atoms. The van der Waals surface area contributed by atoms with Crippen molar-refractivity contribution >= 4 is 23.5 Å². The van der Waals surface area contributed by atoms with Gasteiger partial charge in [0, 0.05) is 45.0 Å². The molecule has 0 aromatic heterocycles. The molecule has 10 aliphatic carbocycles. The van der Waals surface area contributed by atoms with Crippen LogP contribution in [0.15, 0.2) is 0 Å². The van der Waals surface area contributed by atoms with Crippen molar-refractivity contribution in [2.75, 3.05) is 0 Å². The molecule has 0 amide bonds. The molecular weight excluding hydrogens is 791 g/mol. The van der Waals surface area contributed by atoms with Crippen molar-refractivity contribution in [3.8, 4) is 0 Å². The highest BCUT2D eigenvalue weighted by Gasteiger charge is 2.60. The number of hydrogen-bond donors (Lipinski definition) is 0. The standard InChI is InChI=1S/C58H93NOS2/c1-2-10-36(11-3-1)40-22-20-38-21-23-41(35-42(38)34-40)37-24-28-43(29-25-37)59(51-17-9-16-47-46-12-5-7-19-54(46)61-57(47)51)44-30-26-39(27-31-44)45-14-8-15-48-49-32-33-53-55(58(49)62-56(45)48)50-13-4-6-18-52(50)60-53/h36-58H,1-35H2. The van der Waals surface area contributed by atoms with Gasteiger partial charge in [0.15, 0.2) is 0 Å². The lowest BCUT2D eigenvalue weighted by atomic mass is 9.59. The first-order chi connectivity index (χ1) is 30.7. The van der Waals surface area contributed by atoms with E-state index < -0.39 is 0 Å². The molecule has 18 unspecified atom stereocenters. The minimum Gasteiger partial charge on any atom is -0.374 e. The molecule has 13 aliphatic rings. The summed E-state index contributed by atoms with van der Waals surface area (Å²) in [5.74, 6) is 14.6. The highest BCUT2D eigenvalue weighted by molar-refractivity contribution is 8.01. The van der Waals surface area contributed by atoms with Crippen LogP contribution in [0, 0.1) is 82.9 Å². The van der Waals surface area contributed by atoms with Gasteiger partial charge in [0.2, 0.25) is 0 Å². The summed E-state index contributed by atoms with van der Waals surface area (Å²) in [4.78, 5) is 3.46. The van der Waals surface area contributed by atoms with Gasteiger partial charge in [0.05, 0.1) is 12.2 Å². The number of hydrogen-bond acceptors (Lipinski definition) is 4. The van der Waals surface area contributed by atoms with Gasteiger partial charge in [-0.15, -0.1) is 0 Å². The van der Waals surface area contributed by atoms with E-state index in [1.807, 2.05) is 0 Å². The Balaban J connectivity index is 0.689. The molecule has 3 heterocycles. The fraction of sp³-hybridized carbons (Fsp3) is 1.00. The predicted molar refractivity (Wildman–Crippen MR) is 263 cm³/mol. The topological polar surface area (TPSA) is 12.5 Å². The molecule has 0 N–H and O–H groups in total. The van der Waals surface area contributed by atoms with Crippen LogP contribution >= 0.6 is 23.5 Å². The van der Waals surface area contributed by atoms with E-state index in [1.54, 1.807) is 167 Å². The van der Waals surface area contributed by atoms with Crippen LogP contribution in [-0.2, 0) is 4.74 Å². The number of thioether (sulfide) groups is 2. The van der Waals surface area contributed by atoms with Crippen LogP contribution in [0.2, 0.25) is 0 Å². The quantitative estimate of drug-likeness (QED) is 0.263. The molecule has 3 aliphatic heterocycles. The van der Waals surface area contributed by atoms with E-state index in [2.05, 4.69) is 28.4 Å². The summed E-state index contributed by atoms with van der Waals surface area (Å²) in [6, 6.07) is 2.70. The molecule has 2 nitrogen and oxygen atoms in total. The summed E-state index contributed by atoms with van der Waals surface area (Å²) in [7, 11) is 0. The Hall–Kier alpha value is 0.620. The Morgan fingerprint density at radius 2 is 0.855 bits per heavy atom. The average Bonchev–Trinajstić information content (AvgIpc) is 4.04. The Morgan fingerprint density at radius 3 is 1.63 bits per heavy atom. The second-order valence-electron chi connectivity index (χ2n) is 26.2. The normalized spacial score (nSPS) is 54.3. The highest BCUT2D eigenvalue weighted by atomic mass is 32.2. The lowest BCUT2D eigenvalue weighted by Gasteiger charge is -2.53. The third kappa shape index (κ3) is 7.86. The van der Waals surface area contributed by atoms with Gasteiger partial charge in [-0.1, -0.05) is 70.6 Å². The second-order valence-corrected chi connectivity index (χ2v) is 29.0. The molecular formula is C58H93NOS2. The molecule has 0 aromatic carbocycles. The zero-order valence-electron chi connectivity index (χ0n) is 39.7. The van der Waals surface area contributed by atoms with Crippen LogP contribution in [0.4, 0.5) is 0 Å². The Labute approximate surface area is 390 Å². The first-order valence-electron chi connectivity index (χ1n) is 29.5. The fourth-order valence-corrected chi connectivity index (χ4v) is 26.0. The summed E-state index contributed by atoms with van der Waals surface area (Å²) in [5, 5.41) is 3.92. The predicted octanol–water partition coefficient (Wildman–Crippen LogP) is 15.5. The van der Waals surface area contributed by atoms with Crippen LogP contribution in [0.3, 0.4) is 0 Å². The molecule has 18 atom stereocenters. The van der Waals surface area contributed by atoms with E-state index in [0.29, 0.717) is 12.2 Å². The molecule has 3 saturated heterocycles. The number of fused-ring (bicyclic) bond motifs is 11. The molecule has 0 spiro atoms. The Kier molecular flexibility index (Phi) is 12.7. The van der Waals surface area contributed by atoms with Gasteiger partial charge in [0.1, 0.15) is 0 Å². The zero-order chi connectivity index (χ0) is 40.7. The third-order valence-corrected chi connectivity index (χ3v) is 27.8. The molecule has 348 valence electrons. The maximum atomic E-state index is 6.92. The average molecular weight is 885 g/mol. The maximum Gasteiger partial charge on any atom is 0.0621 e. The van der Waals surface area contributed by atoms with Crippen LogP contribution < -0.4 is 0 Å². The zero-order valence-corrected chi connectivity index (χ0v) is 41.3. The minimum atomic E-state index is 0.624. The van der Waals surface area contributed by atoms with Gasteiger partial charge in [-0.05, 0) is 231 Å². The van der Waals surface area contributed by atoms with Crippen LogP contribution in [0.25, 0.3) is 0 Å². The molecule has 13 fully saturated rings. The minimum absolute atomic E-state index is 0.624. The first kappa shape index (κ1) is 42.7. The van der Waals surface area contributed by atoms with E-state index >= 15 is 0 Å². The van der Waals surface area contributed by atoms with Gasteiger partial charge in [0.25, 0.3) is 0 Å². The summed E-state index contributed by atoms with van der Waals surface area (Å²) >= 11 is 5.21. The first-order valence-corrected chi connectivity index (χ1v) is 31.3. The van der Waals surface area contributed by atoms with Crippen molar-refractivity contribution in [1.29, 1.82) is 0 Å². The Morgan fingerprint density at radius 1 is 0.306 bits per heavy atom. The van der Waals surface area contributed by atoms with Gasteiger partial charge < -0.3 is 4.74 Å². The van der Waals surface area contributed by atoms with Crippen LogP contribution in [0.5, 0.6) is 0 Å². The second kappa shape index (κ2) is 18.5. The van der Waals surface area contributed by atoms with Crippen molar-refractivity contribution in [1.82, 2.24) is 4.90 Å². The van der Waals surface area contributed by atoms with E-state index in [4.69, 9.17) is 4.74 Å². The van der Waals surface area contributed by atoms with Crippen molar-refractivity contribution in [2.24, 2.45) is 82.9 Å².